The summed E-state index contributed by atoms with van der Waals surface area (Å²) in [6.07, 6.45) is 7.37. The largest absolute Gasteiger partial charge is 0.366 e. The van der Waals surface area contributed by atoms with Crippen molar-refractivity contribution in [1.29, 1.82) is 0 Å². The third-order valence-corrected chi connectivity index (χ3v) is 5.09. The van der Waals surface area contributed by atoms with Crippen molar-refractivity contribution in [2.75, 3.05) is 7.11 Å². The Morgan fingerprint density at radius 2 is 2.27 bits per heavy atom. The topological polar surface area (TPSA) is 26.3 Å². The highest BCUT2D eigenvalue weighted by Gasteiger charge is 2.58. The second-order valence-corrected chi connectivity index (χ2v) is 5.46. The Morgan fingerprint density at radius 1 is 1.47 bits per heavy atom. The molecule has 0 aromatic heterocycles. The quantitative estimate of drug-likeness (QED) is 0.616. The molecule has 1 spiro atoms. The maximum absolute atomic E-state index is 12.1. The molecular weight excluding hydrogens is 188 g/mol. The van der Waals surface area contributed by atoms with Gasteiger partial charge in [-0.3, -0.25) is 4.79 Å². The van der Waals surface area contributed by atoms with Crippen LogP contribution in [0.5, 0.6) is 0 Å². The lowest BCUT2D eigenvalue weighted by molar-refractivity contribution is -0.147. The predicted octanol–water partition coefficient (Wildman–Crippen LogP) is 2.48. The monoisotopic (exact) mass is 206 g/mol. The van der Waals surface area contributed by atoms with Crippen molar-refractivity contribution < 1.29 is 9.53 Å². The highest BCUT2D eigenvalue weighted by molar-refractivity contribution is 5.93. The van der Waals surface area contributed by atoms with Crippen LogP contribution in [0.1, 0.15) is 39.0 Å². The molecule has 2 nitrogen and oxygen atoms in total. The van der Waals surface area contributed by atoms with Gasteiger partial charge in [0.2, 0.25) is 0 Å². The average Bonchev–Trinajstić information content (AvgIpc) is 2.56. The maximum Gasteiger partial charge on any atom is 0.169 e. The summed E-state index contributed by atoms with van der Waals surface area (Å²) < 4.78 is 5.49. The fourth-order valence-corrected chi connectivity index (χ4v) is 3.91. The van der Waals surface area contributed by atoms with Crippen LogP contribution in [0, 0.1) is 11.3 Å². The van der Waals surface area contributed by atoms with Crippen LogP contribution in [0.2, 0.25) is 0 Å². The molecule has 0 radical (unpaired) electrons. The van der Waals surface area contributed by atoms with E-state index in [0.29, 0.717) is 11.7 Å². The molecule has 4 aliphatic rings. The number of hydrogen-bond acceptors (Lipinski definition) is 2. The molecule has 0 heterocycles. The van der Waals surface area contributed by atoms with Crippen molar-refractivity contribution in [1.82, 2.24) is 0 Å². The summed E-state index contributed by atoms with van der Waals surface area (Å²) >= 11 is 0. The molecule has 15 heavy (non-hydrogen) atoms. The summed E-state index contributed by atoms with van der Waals surface area (Å²) in [6.45, 7) is 2.30. The zero-order chi connectivity index (χ0) is 10.7. The van der Waals surface area contributed by atoms with Gasteiger partial charge in [-0.25, -0.2) is 0 Å². The smallest absolute Gasteiger partial charge is 0.169 e. The van der Waals surface area contributed by atoms with Crippen LogP contribution in [-0.4, -0.2) is 18.5 Å². The summed E-state index contributed by atoms with van der Waals surface area (Å²) in [5.41, 5.74) is 1.21. The Kier molecular flexibility index (Phi) is 1.75. The van der Waals surface area contributed by atoms with Gasteiger partial charge in [-0.05, 0) is 37.7 Å². The van der Waals surface area contributed by atoms with Gasteiger partial charge in [0.1, 0.15) is 5.60 Å². The first-order chi connectivity index (χ1) is 7.13. The second-order valence-electron chi connectivity index (χ2n) is 5.46. The number of Topliss-reactive ketones (excluding diaryl/α,β-unsaturated/α-hetero) is 1. The van der Waals surface area contributed by atoms with E-state index in [9.17, 15) is 4.79 Å². The number of hydrogen-bond donors (Lipinski definition) is 0. The molecular formula is C13H18O2. The summed E-state index contributed by atoms with van der Waals surface area (Å²) in [7, 11) is 1.67. The van der Waals surface area contributed by atoms with Crippen LogP contribution in [0.25, 0.3) is 0 Å². The lowest BCUT2D eigenvalue weighted by Crippen LogP contribution is -2.53. The van der Waals surface area contributed by atoms with Crippen LogP contribution in [0.15, 0.2) is 11.6 Å². The van der Waals surface area contributed by atoms with Gasteiger partial charge in [-0.1, -0.05) is 12.5 Å². The van der Waals surface area contributed by atoms with E-state index in [1.54, 1.807) is 7.11 Å². The molecule has 2 heteroatoms. The number of fused-ring (bicyclic) bond motifs is 2. The van der Waals surface area contributed by atoms with Gasteiger partial charge >= 0.3 is 0 Å². The van der Waals surface area contributed by atoms with E-state index in [1.807, 2.05) is 0 Å². The zero-order valence-corrected chi connectivity index (χ0v) is 9.51. The van der Waals surface area contributed by atoms with Crippen LogP contribution in [-0.2, 0) is 9.53 Å². The van der Waals surface area contributed by atoms with Crippen molar-refractivity contribution in [2.24, 2.45) is 11.3 Å². The van der Waals surface area contributed by atoms with Gasteiger partial charge in [0.15, 0.2) is 5.78 Å². The third-order valence-electron chi connectivity index (χ3n) is 5.09. The van der Waals surface area contributed by atoms with Crippen molar-refractivity contribution >= 4 is 5.78 Å². The molecule has 82 valence electrons. The molecule has 0 aliphatic heterocycles. The maximum atomic E-state index is 12.1. The lowest BCUT2D eigenvalue weighted by atomic mass is 9.57. The first kappa shape index (κ1) is 9.59. The van der Waals surface area contributed by atoms with E-state index >= 15 is 0 Å². The van der Waals surface area contributed by atoms with Gasteiger partial charge in [0.25, 0.3) is 0 Å². The van der Waals surface area contributed by atoms with Gasteiger partial charge in [0.05, 0.1) is 0 Å². The lowest BCUT2D eigenvalue weighted by Gasteiger charge is -2.50. The normalized spacial score (nSPS) is 48.0. The van der Waals surface area contributed by atoms with Crippen molar-refractivity contribution in [3.63, 3.8) is 0 Å². The zero-order valence-electron chi connectivity index (χ0n) is 9.51. The Labute approximate surface area is 90.7 Å². The second kappa shape index (κ2) is 2.73. The Morgan fingerprint density at radius 3 is 2.93 bits per heavy atom. The Bertz CT molecular complexity index is 358. The molecule has 2 saturated carbocycles. The number of carbonyl (C=O) groups is 1. The average molecular weight is 206 g/mol. The fourth-order valence-electron chi connectivity index (χ4n) is 3.91. The predicted molar refractivity (Wildman–Crippen MR) is 57.5 cm³/mol. The van der Waals surface area contributed by atoms with Crippen molar-refractivity contribution in [2.45, 2.75) is 44.6 Å². The number of methoxy groups -OCH3 is 1. The van der Waals surface area contributed by atoms with Crippen molar-refractivity contribution in [3.8, 4) is 0 Å². The molecule has 0 aromatic rings. The highest BCUT2D eigenvalue weighted by atomic mass is 16.5. The molecule has 3 atom stereocenters. The minimum Gasteiger partial charge on any atom is -0.366 e. The Hall–Kier alpha value is -0.630. The molecule has 0 aromatic carbocycles. The van der Waals surface area contributed by atoms with E-state index < -0.39 is 5.60 Å². The van der Waals surface area contributed by atoms with Gasteiger partial charge in [0, 0.05) is 18.9 Å². The number of allylic oxidation sites excluding steroid dienone is 1. The first-order valence-corrected chi connectivity index (χ1v) is 5.94. The van der Waals surface area contributed by atoms with Crippen molar-refractivity contribution in [3.05, 3.63) is 11.6 Å². The minimum absolute atomic E-state index is 0.233. The fraction of sp³-hybridized carbons (Fsp3) is 0.769. The molecule has 1 unspecified atom stereocenters. The van der Waals surface area contributed by atoms with Crippen LogP contribution >= 0.6 is 0 Å². The van der Waals surface area contributed by atoms with Crippen LogP contribution in [0.4, 0.5) is 0 Å². The number of rotatable bonds is 1. The van der Waals surface area contributed by atoms with Gasteiger partial charge < -0.3 is 4.74 Å². The minimum atomic E-state index is -0.541. The molecule has 0 amide bonds. The van der Waals surface area contributed by atoms with Gasteiger partial charge in [-0.2, -0.15) is 0 Å². The summed E-state index contributed by atoms with van der Waals surface area (Å²) in [5, 5.41) is 0. The van der Waals surface area contributed by atoms with E-state index in [1.165, 1.54) is 18.4 Å². The van der Waals surface area contributed by atoms with Gasteiger partial charge in [-0.15, -0.1) is 0 Å². The number of ketones is 1. The number of carbonyl (C=O) groups excluding carboxylic acids is 1. The Balaban J connectivity index is 2.13. The molecule has 2 bridgehead atoms. The first-order valence-electron chi connectivity index (χ1n) is 5.94. The van der Waals surface area contributed by atoms with Crippen LogP contribution in [0.3, 0.4) is 0 Å². The van der Waals surface area contributed by atoms with Crippen LogP contribution < -0.4 is 0 Å². The van der Waals surface area contributed by atoms with E-state index in [4.69, 9.17) is 4.74 Å². The summed E-state index contributed by atoms with van der Waals surface area (Å²) in [5.74, 6) is 0.997. The van der Waals surface area contributed by atoms with E-state index in [-0.39, 0.29) is 5.41 Å². The molecule has 2 fully saturated rings. The third kappa shape index (κ3) is 0.963. The summed E-state index contributed by atoms with van der Waals surface area (Å²) in [4.78, 5) is 12.1. The standard InChI is InChI=1S/C13H18O2/c1-9-3-4-10-7-13(15-2)6-5-12(9,10)8-11(13)14/h7,9H,3-6,8H2,1-2H3/t9?,12-,13+/m1/s1. The highest BCUT2D eigenvalue weighted by Crippen LogP contribution is 2.61. The molecule has 0 saturated heterocycles. The molecule has 4 rings (SSSR count). The molecule has 4 aliphatic carbocycles. The van der Waals surface area contributed by atoms with E-state index in [0.717, 1.165) is 19.3 Å². The summed E-state index contributed by atoms with van der Waals surface area (Å²) in [6, 6.07) is 0. The SMILES string of the molecule is CO[C@]12C=C3CCC(C)[C@@]3(CC1)CC2=O. The number of ether oxygens (including phenoxy) is 1. The molecule has 0 N–H and O–H groups in total. The van der Waals surface area contributed by atoms with E-state index in [2.05, 4.69) is 13.0 Å².